The summed E-state index contributed by atoms with van der Waals surface area (Å²) >= 11 is 1.64. The lowest BCUT2D eigenvalue weighted by molar-refractivity contribution is -0.117. The molecular formula is C17H17F3N2OS. The van der Waals surface area contributed by atoms with Crippen molar-refractivity contribution in [2.45, 2.75) is 11.4 Å². The third-order valence-corrected chi connectivity index (χ3v) is 4.08. The largest absolute Gasteiger partial charge is 0.322 e. The molecule has 0 fully saturated rings. The monoisotopic (exact) mass is 354 g/mol. The first-order valence-corrected chi connectivity index (χ1v) is 8.38. The van der Waals surface area contributed by atoms with Crippen LogP contribution in [0.15, 0.2) is 41.3 Å². The van der Waals surface area contributed by atoms with Crippen LogP contribution in [0.2, 0.25) is 0 Å². The summed E-state index contributed by atoms with van der Waals surface area (Å²) in [4.78, 5) is 14.8. The molecule has 0 atom stereocenters. The zero-order valence-corrected chi connectivity index (χ0v) is 14.1. The van der Waals surface area contributed by atoms with E-state index in [0.29, 0.717) is 6.54 Å². The molecule has 24 heavy (non-hydrogen) atoms. The highest BCUT2D eigenvalue weighted by atomic mass is 32.2. The quantitative estimate of drug-likeness (QED) is 0.631. The number of likely N-dealkylation sites (N-methyl/N-ethyl adjacent to an activating group) is 1. The molecule has 0 radical (unpaired) electrons. The molecular weight excluding hydrogens is 337 g/mol. The normalized spacial score (nSPS) is 10.9. The average Bonchev–Trinajstić information content (AvgIpc) is 2.56. The van der Waals surface area contributed by atoms with Gasteiger partial charge >= 0.3 is 0 Å². The fourth-order valence-electron chi connectivity index (χ4n) is 2.16. The highest BCUT2D eigenvalue weighted by Gasteiger charge is 2.16. The number of halogens is 3. The molecule has 0 saturated carbocycles. The summed E-state index contributed by atoms with van der Waals surface area (Å²) < 4.78 is 39.5. The molecule has 0 aliphatic heterocycles. The smallest absolute Gasteiger partial charge is 0.238 e. The van der Waals surface area contributed by atoms with Crippen LogP contribution >= 0.6 is 11.8 Å². The molecule has 1 amide bonds. The van der Waals surface area contributed by atoms with Crippen molar-refractivity contribution in [2.75, 3.05) is 25.2 Å². The van der Waals surface area contributed by atoms with Crippen LogP contribution in [0.4, 0.5) is 18.9 Å². The first-order valence-electron chi connectivity index (χ1n) is 7.15. The van der Waals surface area contributed by atoms with Gasteiger partial charge in [0.2, 0.25) is 5.91 Å². The van der Waals surface area contributed by atoms with E-state index in [1.807, 2.05) is 30.5 Å². The molecule has 2 aromatic carbocycles. The Balaban J connectivity index is 1.92. The number of hydrogen-bond donors (Lipinski definition) is 1. The van der Waals surface area contributed by atoms with Gasteiger partial charge in [0.1, 0.15) is 0 Å². The van der Waals surface area contributed by atoms with Crippen LogP contribution in [0.25, 0.3) is 0 Å². The summed E-state index contributed by atoms with van der Waals surface area (Å²) in [7, 11) is 1.74. The fourth-order valence-corrected chi connectivity index (χ4v) is 2.56. The maximum absolute atomic E-state index is 13.5. The van der Waals surface area contributed by atoms with Crippen molar-refractivity contribution in [3.63, 3.8) is 0 Å². The lowest BCUT2D eigenvalue weighted by Gasteiger charge is -2.17. The molecule has 0 unspecified atom stereocenters. The number of thioether (sulfide) groups is 1. The highest BCUT2D eigenvalue weighted by Crippen LogP contribution is 2.19. The average molecular weight is 354 g/mol. The minimum Gasteiger partial charge on any atom is -0.322 e. The number of nitrogens with one attached hydrogen (secondary N) is 1. The van der Waals surface area contributed by atoms with E-state index < -0.39 is 23.4 Å². The van der Waals surface area contributed by atoms with Crippen LogP contribution in [0.1, 0.15) is 5.56 Å². The maximum atomic E-state index is 13.5. The zero-order valence-electron chi connectivity index (χ0n) is 13.3. The van der Waals surface area contributed by atoms with E-state index in [-0.39, 0.29) is 12.2 Å². The number of amides is 1. The standard InChI is InChI=1S/C17H17F3N2OS/c1-22(9-11-3-5-12(24-2)6-4-11)10-15(23)21-14-8-7-13(18)16(19)17(14)20/h3-8H,9-10H2,1-2H3,(H,21,23). The minimum atomic E-state index is -1.60. The van der Waals surface area contributed by atoms with Gasteiger partial charge in [-0.25, -0.2) is 13.2 Å². The maximum Gasteiger partial charge on any atom is 0.238 e. The Morgan fingerprint density at radius 1 is 1.08 bits per heavy atom. The molecule has 0 aliphatic rings. The summed E-state index contributed by atoms with van der Waals surface area (Å²) in [5.74, 6) is -4.81. The predicted molar refractivity (Wildman–Crippen MR) is 89.5 cm³/mol. The van der Waals surface area contributed by atoms with Crippen molar-refractivity contribution >= 4 is 23.4 Å². The molecule has 0 heterocycles. The van der Waals surface area contributed by atoms with Gasteiger partial charge in [0.25, 0.3) is 0 Å². The first-order chi connectivity index (χ1) is 11.4. The first kappa shape index (κ1) is 18.4. The van der Waals surface area contributed by atoms with Crippen LogP contribution in [0.5, 0.6) is 0 Å². The molecule has 0 aliphatic carbocycles. The SMILES string of the molecule is CSc1ccc(CN(C)CC(=O)Nc2ccc(F)c(F)c2F)cc1. The van der Waals surface area contributed by atoms with Gasteiger partial charge in [0, 0.05) is 11.4 Å². The van der Waals surface area contributed by atoms with Gasteiger partial charge in [0.15, 0.2) is 17.5 Å². The summed E-state index contributed by atoms with van der Waals surface area (Å²) in [5, 5.41) is 2.25. The molecule has 0 spiro atoms. The van der Waals surface area contributed by atoms with Gasteiger partial charge in [-0.1, -0.05) is 12.1 Å². The highest BCUT2D eigenvalue weighted by molar-refractivity contribution is 7.98. The lowest BCUT2D eigenvalue weighted by atomic mass is 10.2. The second-order valence-corrected chi connectivity index (χ2v) is 6.17. The van der Waals surface area contributed by atoms with Crippen LogP contribution in [-0.4, -0.2) is 30.7 Å². The second kappa shape index (κ2) is 8.21. The minimum absolute atomic E-state index is 0.0112. The van der Waals surface area contributed by atoms with Crippen molar-refractivity contribution in [2.24, 2.45) is 0 Å². The lowest BCUT2D eigenvalue weighted by Crippen LogP contribution is -2.30. The van der Waals surface area contributed by atoms with Gasteiger partial charge < -0.3 is 5.32 Å². The number of hydrogen-bond acceptors (Lipinski definition) is 3. The van der Waals surface area contributed by atoms with Crippen molar-refractivity contribution in [3.8, 4) is 0 Å². The van der Waals surface area contributed by atoms with Gasteiger partial charge in [-0.15, -0.1) is 11.8 Å². The summed E-state index contributed by atoms with van der Waals surface area (Å²) in [6.45, 7) is 0.519. The van der Waals surface area contributed by atoms with Crippen LogP contribution in [0, 0.1) is 17.5 Å². The van der Waals surface area contributed by atoms with E-state index in [0.717, 1.165) is 22.6 Å². The Bertz CT molecular complexity index is 723. The second-order valence-electron chi connectivity index (χ2n) is 5.29. The summed E-state index contributed by atoms with van der Waals surface area (Å²) in [6, 6.07) is 9.68. The van der Waals surface area contributed by atoms with E-state index in [2.05, 4.69) is 5.32 Å². The van der Waals surface area contributed by atoms with Gasteiger partial charge in [-0.2, -0.15) is 0 Å². The molecule has 0 aromatic heterocycles. The number of rotatable bonds is 6. The Kier molecular flexibility index (Phi) is 6.28. The molecule has 7 heteroatoms. The number of carbonyl (C=O) groups is 1. The molecule has 0 saturated heterocycles. The fraction of sp³-hybridized carbons (Fsp3) is 0.235. The summed E-state index contributed by atoms with van der Waals surface area (Å²) in [6.07, 6.45) is 1.99. The topological polar surface area (TPSA) is 32.3 Å². The Morgan fingerprint density at radius 2 is 1.75 bits per heavy atom. The van der Waals surface area contributed by atoms with Crippen LogP contribution in [-0.2, 0) is 11.3 Å². The van der Waals surface area contributed by atoms with E-state index in [9.17, 15) is 18.0 Å². The molecule has 128 valence electrons. The molecule has 2 rings (SSSR count). The Labute approximate surface area is 142 Å². The molecule has 0 bridgehead atoms. The molecule has 3 nitrogen and oxygen atoms in total. The van der Waals surface area contributed by atoms with Gasteiger partial charge in [-0.3, -0.25) is 9.69 Å². The third kappa shape index (κ3) is 4.75. The van der Waals surface area contributed by atoms with Crippen molar-refractivity contribution in [1.82, 2.24) is 4.90 Å². The number of benzene rings is 2. The Morgan fingerprint density at radius 3 is 2.38 bits per heavy atom. The molecule has 1 N–H and O–H groups in total. The van der Waals surface area contributed by atoms with E-state index in [1.54, 1.807) is 23.7 Å². The Hall–Kier alpha value is -1.99. The van der Waals surface area contributed by atoms with E-state index >= 15 is 0 Å². The number of nitrogens with zero attached hydrogens (tertiary/aromatic N) is 1. The number of carbonyl (C=O) groups excluding carboxylic acids is 1. The number of anilines is 1. The third-order valence-electron chi connectivity index (χ3n) is 3.33. The van der Waals surface area contributed by atoms with E-state index in [4.69, 9.17) is 0 Å². The van der Waals surface area contributed by atoms with Gasteiger partial charge in [0.05, 0.1) is 12.2 Å². The predicted octanol–water partition coefficient (Wildman–Crippen LogP) is 3.90. The van der Waals surface area contributed by atoms with Crippen LogP contribution in [0.3, 0.4) is 0 Å². The van der Waals surface area contributed by atoms with E-state index in [1.165, 1.54) is 0 Å². The van der Waals surface area contributed by atoms with Crippen LogP contribution < -0.4 is 5.32 Å². The molecule has 2 aromatic rings. The van der Waals surface area contributed by atoms with Gasteiger partial charge in [-0.05, 0) is 43.1 Å². The summed E-state index contributed by atoms with van der Waals surface area (Å²) in [5.41, 5.74) is 0.652. The van der Waals surface area contributed by atoms with Crippen molar-refractivity contribution in [3.05, 3.63) is 59.4 Å². The van der Waals surface area contributed by atoms with Crippen molar-refractivity contribution < 1.29 is 18.0 Å². The van der Waals surface area contributed by atoms with Crippen molar-refractivity contribution in [1.29, 1.82) is 0 Å². The zero-order chi connectivity index (χ0) is 17.7.